The Labute approximate surface area is 125 Å². The average Bonchev–Trinajstić information content (AvgIpc) is 2.47. The van der Waals surface area contributed by atoms with Crippen LogP contribution in [0.5, 0.6) is 0 Å². The van der Waals surface area contributed by atoms with Crippen LogP contribution in [0.4, 0.5) is 0 Å². The fourth-order valence-electron chi connectivity index (χ4n) is 2.01. The van der Waals surface area contributed by atoms with Gasteiger partial charge in [-0.1, -0.05) is 12.1 Å². The fraction of sp³-hybridized carbons (Fsp3) is 0.538. The highest BCUT2D eigenvalue weighted by atomic mass is 35.7. The number of benzene rings is 1. The summed E-state index contributed by atoms with van der Waals surface area (Å²) in [5.41, 5.74) is 0.305. The SMILES string of the molecule is Cc1ccc(B2OC(C)(C)C(C)(C)O2)cc1S(=O)(=O)Cl. The third kappa shape index (κ3) is 2.75. The molecule has 1 aliphatic rings. The molecule has 1 heterocycles. The Bertz CT molecular complexity index is 624. The molecule has 0 bridgehead atoms. The summed E-state index contributed by atoms with van der Waals surface area (Å²) in [5.74, 6) is 0. The molecule has 20 heavy (non-hydrogen) atoms. The van der Waals surface area contributed by atoms with Crippen LogP contribution < -0.4 is 5.46 Å². The normalized spacial score (nSPS) is 21.2. The Morgan fingerprint density at radius 2 is 1.60 bits per heavy atom. The number of halogens is 1. The highest BCUT2D eigenvalue weighted by Crippen LogP contribution is 2.36. The second-order valence-corrected chi connectivity index (χ2v) is 8.59. The monoisotopic (exact) mass is 316 g/mol. The topological polar surface area (TPSA) is 52.6 Å². The van der Waals surface area contributed by atoms with Crippen molar-refractivity contribution in [1.82, 2.24) is 0 Å². The van der Waals surface area contributed by atoms with Crippen LogP contribution in [0.15, 0.2) is 23.1 Å². The number of aryl methyl sites for hydroxylation is 1. The van der Waals surface area contributed by atoms with Crippen molar-refractivity contribution in [3.8, 4) is 0 Å². The predicted molar refractivity (Wildman–Crippen MR) is 79.9 cm³/mol. The molecule has 1 aliphatic heterocycles. The second-order valence-electron chi connectivity index (χ2n) is 6.05. The van der Waals surface area contributed by atoms with E-state index in [0.29, 0.717) is 11.0 Å². The van der Waals surface area contributed by atoms with Crippen LogP contribution >= 0.6 is 10.7 Å². The van der Waals surface area contributed by atoms with Gasteiger partial charge in [0.15, 0.2) is 0 Å². The summed E-state index contributed by atoms with van der Waals surface area (Å²) in [6.45, 7) is 9.48. The summed E-state index contributed by atoms with van der Waals surface area (Å²) in [6.07, 6.45) is 0. The van der Waals surface area contributed by atoms with E-state index in [1.807, 2.05) is 27.7 Å². The van der Waals surface area contributed by atoms with Crippen LogP contribution in [0.1, 0.15) is 33.3 Å². The summed E-state index contributed by atoms with van der Waals surface area (Å²) >= 11 is 0. The van der Waals surface area contributed by atoms with Gasteiger partial charge in [0, 0.05) is 10.7 Å². The highest BCUT2D eigenvalue weighted by molar-refractivity contribution is 8.13. The molecule has 1 saturated heterocycles. The molecule has 0 aliphatic carbocycles. The van der Waals surface area contributed by atoms with Gasteiger partial charge in [0.05, 0.1) is 16.1 Å². The van der Waals surface area contributed by atoms with E-state index in [1.165, 1.54) is 6.07 Å². The molecule has 4 nitrogen and oxygen atoms in total. The molecule has 0 saturated carbocycles. The van der Waals surface area contributed by atoms with Crippen molar-refractivity contribution in [3.63, 3.8) is 0 Å². The molecule has 7 heteroatoms. The summed E-state index contributed by atoms with van der Waals surface area (Å²) in [4.78, 5) is 0.0892. The maximum Gasteiger partial charge on any atom is 0.494 e. The lowest BCUT2D eigenvalue weighted by molar-refractivity contribution is 0.00578. The zero-order valence-electron chi connectivity index (χ0n) is 12.2. The van der Waals surface area contributed by atoms with E-state index in [2.05, 4.69) is 0 Å². The first-order valence-corrected chi connectivity index (χ1v) is 8.66. The maximum atomic E-state index is 11.6. The maximum absolute atomic E-state index is 11.6. The van der Waals surface area contributed by atoms with Gasteiger partial charge in [-0.05, 0) is 51.7 Å². The fourth-order valence-corrected chi connectivity index (χ4v) is 3.23. The molecule has 0 spiro atoms. The van der Waals surface area contributed by atoms with Crippen LogP contribution in [-0.4, -0.2) is 26.7 Å². The summed E-state index contributed by atoms with van der Waals surface area (Å²) in [5, 5.41) is 0. The van der Waals surface area contributed by atoms with E-state index in [0.717, 1.165) is 0 Å². The lowest BCUT2D eigenvalue weighted by Crippen LogP contribution is -2.41. The van der Waals surface area contributed by atoms with E-state index in [-0.39, 0.29) is 4.90 Å². The molecule has 1 aromatic carbocycles. The first-order chi connectivity index (χ1) is 8.94. The van der Waals surface area contributed by atoms with E-state index in [4.69, 9.17) is 20.0 Å². The molecule has 0 amide bonds. The first kappa shape index (κ1) is 15.8. The minimum atomic E-state index is -3.78. The lowest BCUT2D eigenvalue weighted by atomic mass is 9.79. The molecule has 0 aromatic heterocycles. The standard InChI is InChI=1S/C13H18BClO4S/c1-9-6-7-10(8-11(9)20(15,16)17)14-18-12(2,3)13(4,5)19-14/h6-8H,1-5H3. The molecule has 0 unspecified atom stereocenters. The van der Waals surface area contributed by atoms with Gasteiger partial charge in [0.25, 0.3) is 9.05 Å². The van der Waals surface area contributed by atoms with Crippen molar-refractivity contribution in [2.75, 3.05) is 0 Å². The van der Waals surface area contributed by atoms with Gasteiger partial charge in [-0.15, -0.1) is 0 Å². The first-order valence-electron chi connectivity index (χ1n) is 6.35. The van der Waals surface area contributed by atoms with Crippen LogP contribution in [0, 0.1) is 6.92 Å². The van der Waals surface area contributed by atoms with Crippen molar-refractivity contribution < 1.29 is 17.7 Å². The lowest BCUT2D eigenvalue weighted by Gasteiger charge is -2.32. The molecule has 1 fully saturated rings. The smallest absolute Gasteiger partial charge is 0.399 e. The van der Waals surface area contributed by atoms with Gasteiger partial charge in [0.2, 0.25) is 0 Å². The average molecular weight is 317 g/mol. The molecule has 2 rings (SSSR count). The molecule has 1 aromatic rings. The molecule has 0 atom stereocenters. The minimum absolute atomic E-state index is 0.0892. The number of hydrogen-bond acceptors (Lipinski definition) is 4. The summed E-state index contributed by atoms with van der Waals surface area (Å²) < 4.78 is 34.9. The zero-order chi connectivity index (χ0) is 15.3. The molecule has 0 radical (unpaired) electrons. The van der Waals surface area contributed by atoms with Gasteiger partial charge in [-0.2, -0.15) is 0 Å². The van der Waals surface area contributed by atoms with E-state index in [1.54, 1.807) is 19.1 Å². The Morgan fingerprint density at radius 1 is 1.10 bits per heavy atom. The van der Waals surface area contributed by atoms with Gasteiger partial charge in [-0.25, -0.2) is 8.42 Å². The van der Waals surface area contributed by atoms with E-state index >= 15 is 0 Å². The van der Waals surface area contributed by atoms with Gasteiger partial charge >= 0.3 is 7.12 Å². The van der Waals surface area contributed by atoms with Crippen molar-refractivity contribution in [1.29, 1.82) is 0 Å². The highest BCUT2D eigenvalue weighted by Gasteiger charge is 2.51. The predicted octanol–water partition coefficient (Wildman–Crippen LogP) is 2.22. The van der Waals surface area contributed by atoms with E-state index < -0.39 is 27.4 Å². The van der Waals surface area contributed by atoms with Crippen molar-refractivity contribution in [2.45, 2.75) is 50.7 Å². The Kier molecular flexibility index (Phi) is 3.74. The number of rotatable bonds is 2. The van der Waals surface area contributed by atoms with Gasteiger partial charge < -0.3 is 9.31 Å². The van der Waals surface area contributed by atoms with Crippen LogP contribution in [-0.2, 0) is 18.4 Å². The van der Waals surface area contributed by atoms with Crippen LogP contribution in [0.25, 0.3) is 0 Å². The Hall–Kier alpha value is -0.555. The van der Waals surface area contributed by atoms with Gasteiger partial charge in [0.1, 0.15) is 0 Å². The van der Waals surface area contributed by atoms with E-state index in [9.17, 15) is 8.42 Å². The van der Waals surface area contributed by atoms with Crippen LogP contribution in [0.2, 0.25) is 0 Å². The molecule has 0 N–H and O–H groups in total. The minimum Gasteiger partial charge on any atom is -0.399 e. The molecular formula is C13H18BClO4S. The van der Waals surface area contributed by atoms with Crippen molar-refractivity contribution >= 4 is 32.3 Å². The molecular weight excluding hydrogens is 298 g/mol. The Balaban J connectivity index is 2.42. The molecule has 110 valence electrons. The summed E-state index contributed by atoms with van der Waals surface area (Å²) in [7, 11) is 1.06. The third-order valence-electron chi connectivity index (χ3n) is 4.00. The van der Waals surface area contributed by atoms with Crippen LogP contribution in [0.3, 0.4) is 0 Å². The summed E-state index contributed by atoms with van der Waals surface area (Å²) in [6, 6.07) is 5.01. The quantitative estimate of drug-likeness (QED) is 0.620. The third-order valence-corrected chi connectivity index (χ3v) is 5.46. The largest absolute Gasteiger partial charge is 0.494 e. The number of hydrogen-bond donors (Lipinski definition) is 0. The van der Waals surface area contributed by atoms with Gasteiger partial charge in [-0.3, -0.25) is 0 Å². The van der Waals surface area contributed by atoms with Crippen molar-refractivity contribution in [3.05, 3.63) is 23.8 Å². The second kappa shape index (κ2) is 4.73. The zero-order valence-corrected chi connectivity index (χ0v) is 13.8. The van der Waals surface area contributed by atoms with Crippen molar-refractivity contribution in [2.24, 2.45) is 0 Å². The Morgan fingerprint density at radius 3 is 2.05 bits per heavy atom.